The van der Waals surface area contributed by atoms with E-state index in [0.29, 0.717) is 11.1 Å². The van der Waals surface area contributed by atoms with E-state index in [1.807, 2.05) is 0 Å². The largest absolute Gasteiger partial charge is 0.423 e. The van der Waals surface area contributed by atoms with E-state index in [1.54, 1.807) is 54.6 Å². The number of benzene rings is 2. The second-order valence-electron chi connectivity index (χ2n) is 3.84. The number of esters is 1. The van der Waals surface area contributed by atoms with E-state index in [9.17, 15) is 4.79 Å². The van der Waals surface area contributed by atoms with Crippen LogP contribution in [0.25, 0.3) is 0 Å². The summed E-state index contributed by atoms with van der Waals surface area (Å²) in [6.45, 7) is 0. The summed E-state index contributed by atoms with van der Waals surface area (Å²) in [5.74, 6) is -0.227. The number of carbonyl (C=O) groups excluding carboxylic acids is 1. The van der Waals surface area contributed by atoms with E-state index >= 15 is 0 Å². The fourth-order valence-electron chi connectivity index (χ4n) is 1.59. The predicted molar refractivity (Wildman–Crippen MR) is 71.8 cm³/mol. The highest BCUT2D eigenvalue weighted by Gasteiger charge is 2.09. The van der Waals surface area contributed by atoms with Gasteiger partial charge in [-0.3, -0.25) is 0 Å². The first kappa shape index (κ1) is 13.3. The van der Waals surface area contributed by atoms with Crippen LogP contribution in [-0.4, -0.2) is 16.9 Å². The van der Waals surface area contributed by atoms with Crippen molar-refractivity contribution in [2.24, 2.45) is 5.16 Å². The Bertz CT molecular complexity index is 688. The Morgan fingerprint density at radius 2 is 1.80 bits per heavy atom. The monoisotopic (exact) mass is 266 g/mol. The van der Waals surface area contributed by atoms with E-state index in [-0.39, 0.29) is 11.5 Å². The van der Waals surface area contributed by atoms with Crippen LogP contribution in [0.15, 0.2) is 59.8 Å². The van der Waals surface area contributed by atoms with Gasteiger partial charge in [0.15, 0.2) is 5.71 Å². The third-order valence-corrected chi connectivity index (χ3v) is 2.53. The Labute approximate surface area is 115 Å². The van der Waals surface area contributed by atoms with Gasteiger partial charge < -0.3 is 9.94 Å². The van der Waals surface area contributed by atoms with Crippen molar-refractivity contribution in [1.29, 1.82) is 5.26 Å². The van der Waals surface area contributed by atoms with E-state index in [2.05, 4.69) is 5.16 Å². The molecule has 5 heteroatoms. The lowest BCUT2D eigenvalue weighted by molar-refractivity contribution is 0.0735. The Morgan fingerprint density at radius 3 is 2.45 bits per heavy atom. The molecule has 0 aromatic heterocycles. The van der Waals surface area contributed by atoms with Crippen LogP contribution in [-0.2, 0) is 0 Å². The molecule has 0 unspecified atom stereocenters. The molecule has 0 spiro atoms. The lowest BCUT2D eigenvalue weighted by Gasteiger charge is -2.05. The highest BCUT2D eigenvalue weighted by Crippen LogP contribution is 2.16. The highest BCUT2D eigenvalue weighted by molar-refractivity contribution is 6.11. The number of hydrogen-bond donors (Lipinski definition) is 1. The van der Waals surface area contributed by atoms with Crippen molar-refractivity contribution < 1.29 is 14.7 Å². The zero-order valence-corrected chi connectivity index (χ0v) is 10.4. The number of carbonyl (C=O) groups is 1. The summed E-state index contributed by atoms with van der Waals surface area (Å²) in [5.41, 5.74) is 0.644. The van der Waals surface area contributed by atoms with Crippen molar-refractivity contribution in [2.45, 2.75) is 0 Å². The van der Waals surface area contributed by atoms with Crippen LogP contribution in [0.3, 0.4) is 0 Å². The maximum Gasteiger partial charge on any atom is 0.343 e. The minimum Gasteiger partial charge on any atom is -0.423 e. The molecule has 0 bridgehead atoms. The molecule has 0 saturated heterocycles. The van der Waals surface area contributed by atoms with Crippen molar-refractivity contribution in [1.82, 2.24) is 0 Å². The van der Waals surface area contributed by atoms with E-state index in [0.717, 1.165) is 0 Å². The Hall–Kier alpha value is -3.13. The Balaban J connectivity index is 2.21. The summed E-state index contributed by atoms with van der Waals surface area (Å²) in [6.07, 6.45) is 0. The average molecular weight is 266 g/mol. The number of hydrogen-bond acceptors (Lipinski definition) is 5. The second-order valence-corrected chi connectivity index (χ2v) is 3.84. The fraction of sp³-hybridized carbons (Fsp3) is 0. The summed E-state index contributed by atoms with van der Waals surface area (Å²) in [5, 5.41) is 20.3. The molecule has 5 nitrogen and oxygen atoms in total. The fourth-order valence-corrected chi connectivity index (χ4v) is 1.59. The number of ether oxygens (including phenoxy) is 1. The molecule has 0 atom stereocenters. The molecule has 0 aliphatic heterocycles. The van der Waals surface area contributed by atoms with Crippen molar-refractivity contribution in [3.63, 3.8) is 0 Å². The first-order valence-corrected chi connectivity index (χ1v) is 5.74. The molecule has 0 fully saturated rings. The smallest absolute Gasteiger partial charge is 0.343 e. The first-order valence-electron chi connectivity index (χ1n) is 5.74. The molecule has 0 saturated carbocycles. The molecule has 1 N–H and O–H groups in total. The van der Waals surface area contributed by atoms with Crippen LogP contribution < -0.4 is 4.74 Å². The summed E-state index contributed by atoms with van der Waals surface area (Å²) in [6, 6.07) is 16.5. The predicted octanol–water partition coefficient (Wildman–Crippen LogP) is 2.61. The third kappa shape index (κ3) is 3.00. The van der Waals surface area contributed by atoms with Crippen LogP contribution >= 0.6 is 0 Å². The number of nitriles is 1. The molecule has 0 radical (unpaired) electrons. The van der Waals surface area contributed by atoms with Crippen molar-refractivity contribution >= 4 is 11.7 Å². The zero-order valence-electron chi connectivity index (χ0n) is 10.4. The SMILES string of the molecule is N#CC(=NO)c1cccc(OC(=O)c2ccccc2)c1. The van der Waals surface area contributed by atoms with Gasteiger partial charge >= 0.3 is 5.97 Å². The molecular formula is C15H10N2O3. The Kier molecular flexibility index (Phi) is 4.10. The molecule has 98 valence electrons. The highest BCUT2D eigenvalue weighted by atomic mass is 16.5. The molecular weight excluding hydrogens is 256 g/mol. The van der Waals surface area contributed by atoms with Gasteiger partial charge in [0.05, 0.1) is 5.56 Å². The number of oxime groups is 1. The molecule has 20 heavy (non-hydrogen) atoms. The maximum atomic E-state index is 11.9. The van der Waals surface area contributed by atoms with Gasteiger partial charge in [0.1, 0.15) is 11.8 Å². The van der Waals surface area contributed by atoms with Gasteiger partial charge in [0.2, 0.25) is 0 Å². The van der Waals surface area contributed by atoms with Crippen LogP contribution in [0.5, 0.6) is 5.75 Å². The Morgan fingerprint density at radius 1 is 1.10 bits per heavy atom. The average Bonchev–Trinajstić information content (AvgIpc) is 2.50. The van der Waals surface area contributed by atoms with Crippen molar-refractivity contribution in [2.75, 3.05) is 0 Å². The summed E-state index contributed by atoms with van der Waals surface area (Å²) < 4.78 is 5.20. The minimum absolute atomic E-state index is 0.150. The van der Waals surface area contributed by atoms with Gasteiger partial charge in [-0.15, -0.1) is 0 Å². The molecule has 0 amide bonds. The van der Waals surface area contributed by atoms with E-state index < -0.39 is 5.97 Å². The van der Waals surface area contributed by atoms with Crippen LogP contribution in [0.2, 0.25) is 0 Å². The quantitative estimate of drug-likeness (QED) is 0.304. The van der Waals surface area contributed by atoms with Gasteiger partial charge in [-0.2, -0.15) is 5.26 Å². The molecule has 0 heterocycles. The van der Waals surface area contributed by atoms with E-state index in [1.165, 1.54) is 6.07 Å². The minimum atomic E-state index is -0.498. The van der Waals surface area contributed by atoms with Gasteiger partial charge in [0, 0.05) is 5.56 Å². The second kappa shape index (κ2) is 6.16. The maximum absolute atomic E-state index is 11.9. The summed E-state index contributed by atoms with van der Waals surface area (Å²) in [7, 11) is 0. The third-order valence-electron chi connectivity index (χ3n) is 2.53. The van der Waals surface area contributed by atoms with Crippen LogP contribution in [0, 0.1) is 11.3 Å². The molecule has 0 aliphatic rings. The van der Waals surface area contributed by atoms with Crippen molar-refractivity contribution in [3.8, 4) is 11.8 Å². The number of nitrogens with zero attached hydrogens (tertiary/aromatic N) is 2. The lowest BCUT2D eigenvalue weighted by atomic mass is 10.1. The zero-order chi connectivity index (χ0) is 14.4. The van der Waals surface area contributed by atoms with Gasteiger partial charge in [-0.05, 0) is 24.3 Å². The number of rotatable bonds is 3. The van der Waals surface area contributed by atoms with Crippen LogP contribution in [0.1, 0.15) is 15.9 Å². The van der Waals surface area contributed by atoms with E-state index in [4.69, 9.17) is 15.2 Å². The first-order chi connectivity index (χ1) is 9.74. The molecule has 2 aromatic carbocycles. The molecule has 2 rings (SSSR count). The van der Waals surface area contributed by atoms with Crippen LogP contribution in [0.4, 0.5) is 0 Å². The molecule has 0 aliphatic carbocycles. The topological polar surface area (TPSA) is 82.7 Å². The summed E-state index contributed by atoms with van der Waals surface area (Å²) >= 11 is 0. The lowest BCUT2D eigenvalue weighted by Crippen LogP contribution is -2.08. The standard InChI is InChI=1S/C15H10N2O3/c16-10-14(17-19)12-7-4-8-13(9-12)20-15(18)11-5-2-1-3-6-11/h1-9,19H. The summed E-state index contributed by atoms with van der Waals surface area (Å²) in [4.78, 5) is 11.9. The molecule has 2 aromatic rings. The van der Waals surface area contributed by atoms with Gasteiger partial charge in [0.25, 0.3) is 0 Å². The van der Waals surface area contributed by atoms with Gasteiger partial charge in [-0.25, -0.2) is 4.79 Å². The normalized spacial score (nSPS) is 10.7. The van der Waals surface area contributed by atoms with Gasteiger partial charge in [-0.1, -0.05) is 35.5 Å². The van der Waals surface area contributed by atoms with Crippen molar-refractivity contribution in [3.05, 3.63) is 65.7 Å².